The summed E-state index contributed by atoms with van der Waals surface area (Å²) in [6.07, 6.45) is 3.58. The summed E-state index contributed by atoms with van der Waals surface area (Å²) >= 11 is 0. The van der Waals surface area contributed by atoms with Crippen LogP contribution in [0.5, 0.6) is 0 Å². The highest BCUT2D eigenvalue weighted by Gasteiger charge is 2.05. The molecule has 0 radical (unpaired) electrons. The summed E-state index contributed by atoms with van der Waals surface area (Å²) in [6.45, 7) is 4.20. The zero-order valence-corrected chi connectivity index (χ0v) is 7.76. The lowest BCUT2D eigenvalue weighted by Crippen LogP contribution is -2.35. The largest absolute Gasteiger partial charge is 0.382 e. The van der Waals surface area contributed by atoms with Crippen LogP contribution in [0.3, 0.4) is 0 Å². The van der Waals surface area contributed by atoms with Crippen molar-refractivity contribution in [2.75, 3.05) is 7.11 Å². The number of rotatable bonds is 6. The van der Waals surface area contributed by atoms with Gasteiger partial charge in [0.15, 0.2) is 0 Å². The number of ether oxygens (including phenoxy) is 1. The van der Waals surface area contributed by atoms with E-state index in [2.05, 4.69) is 19.3 Å². The maximum Gasteiger partial charge on any atom is 0.0543 e. The molecule has 68 valence electrons. The van der Waals surface area contributed by atoms with Gasteiger partial charge in [0.2, 0.25) is 0 Å². The fourth-order valence-electron chi connectivity index (χ4n) is 0.959. The fourth-order valence-corrected chi connectivity index (χ4v) is 0.959. The van der Waals surface area contributed by atoms with Gasteiger partial charge < -0.3 is 4.74 Å². The molecule has 0 aliphatic rings. The maximum atomic E-state index is 5.32. The fraction of sp³-hybridized carbons (Fsp3) is 1.00. The molecule has 0 spiro atoms. The third-order valence-electron chi connectivity index (χ3n) is 2.05. The van der Waals surface area contributed by atoms with E-state index in [9.17, 15) is 0 Å². The van der Waals surface area contributed by atoms with Crippen LogP contribution in [0.2, 0.25) is 0 Å². The molecular weight excluding hydrogens is 140 g/mol. The van der Waals surface area contributed by atoms with Gasteiger partial charge in [0.1, 0.15) is 0 Å². The number of hydrogen-bond acceptors (Lipinski definition) is 3. The SMILES string of the molecule is CCC(CCC(C)OC)NN. The van der Waals surface area contributed by atoms with Crippen LogP contribution in [-0.2, 0) is 4.74 Å². The first-order valence-corrected chi connectivity index (χ1v) is 4.23. The highest BCUT2D eigenvalue weighted by molar-refractivity contribution is 4.62. The van der Waals surface area contributed by atoms with Crippen molar-refractivity contribution in [2.24, 2.45) is 5.84 Å². The first-order chi connectivity index (χ1) is 5.24. The molecule has 0 aromatic heterocycles. The predicted molar refractivity (Wildman–Crippen MR) is 47.1 cm³/mol. The summed E-state index contributed by atoms with van der Waals surface area (Å²) in [6, 6.07) is 0.438. The minimum atomic E-state index is 0.345. The standard InChI is InChI=1S/C8H20N2O/c1-4-8(10-9)6-5-7(2)11-3/h7-8,10H,4-6,9H2,1-3H3. The van der Waals surface area contributed by atoms with Crippen LogP contribution in [0, 0.1) is 0 Å². The average Bonchev–Trinajstić information content (AvgIpc) is 2.06. The minimum Gasteiger partial charge on any atom is -0.382 e. The van der Waals surface area contributed by atoms with E-state index in [1.807, 2.05) is 0 Å². The highest BCUT2D eigenvalue weighted by Crippen LogP contribution is 2.05. The van der Waals surface area contributed by atoms with Crippen LogP contribution in [0.4, 0.5) is 0 Å². The van der Waals surface area contributed by atoms with E-state index in [1.54, 1.807) is 7.11 Å². The first-order valence-electron chi connectivity index (χ1n) is 4.23. The Balaban J connectivity index is 3.34. The number of nitrogens with one attached hydrogen (secondary N) is 1. The van der Waals surface area contributed by atoms with Crippen LogP contribution < -0.4 is 11.3 Å². The van der Waals surface area contributed by atoms with Crippen molar-refractivity contribution in [3.8, 4) is 0 Å². The molecule has 3 N–H and O–H groups in total. The summed E-state index contributed by atoms with van der Waals surface area (Å²) in [5.41, 5.74) is 2.78. The molecule has 3 nitrogen and oxygen atoms in total. The van der Waals surface area contributed by atoms with Gasteiger partial charge in [-0.1, -0.05) is 6.92 Å². The summed E-state index contributed by atoms with van der Waals surface area (Å²) < 4.78 is 5.12. The Kier molecular flexibility index (Phi) is 6.51. The van der Waals surface area contributed by atoms with E-state index in [0.29, 0.717) is 12.1 Å². The van der Waals surface area contributed by atoms with Crippen molar-refractivity contribution >= 4 is 0 Å². The van der Waals surface area contributed by atoms with Crippen LogP contribution in [0.15, 0.2) is 0 Å². The molecule has 0 aromatic carbocycles. The Bertz CT molecular complexity index is 84.2. The molecule has 0 saturated heterocycles. The zero-order chi connectivity index (χ0) is 8.69. The predicted octanol–water partition coefficient (Wildman–Crippen LogP) is 1.04. The van der Waals surface area contributed by atoms with E-state index in [4.69, 9.17) is 10.6 Å². The molecule has 2 unspecified atom stereocenters. The van der Waals surface area contributed by atoms with E-state index in [1.165, 1.54) is 0 Å². The molecule has 0 fully saturated rings. The second-order valence-corrected chi connectivity index (χ2v) is 2.90. The number of methoxy groups -OCH3 is 1. The number of hydrogen-bond donors (Lipinski definition) is 2. The summed E-state index contributed by atoms with van der Waals surface area (Å²) in [7, 11) is 1.74. The van der Waals surface area contributed by atoms with Crippen molar-refractivity contribution in [3.63, 3.8) is 0 Å². The lowest BCUT2D eigenvalue weighted by Gasteiger charge is -2.15. The Morgan fingerprint density at radius 2 is 2.09 bits per heavy atom. The van der Waals surface area contributed by atoms with Gasteiger partial charge in [0.05, 0.1) is 6.10 Å². The van der Waals surface area contributed by atoms with E-state index < -0.39 is 0 Å². The summed E-state index contributed by atoms with van der Waals surface area (Å²) in [5, 5.41) is 0. The van der Waals surface area contributed by atoms with Crippen LogP contribution in [0.1, 0.15) is 33.1 Å². The normalized spacial score (nSPS) is 16.4. The molecule has 0 heterocycles. The zero-order valence-electron chi connectivity index (χ0n) is 7.76. The third kappa shape index (κ3) is 5.18. The Morgan fingerprint density at radius 3 is 2.45 bits per heavy atom. The van der Waals surface area contributed by atoms with E-state index in [0.717, 1.165) is 19.3 Å². The molecular formula is C8H20N2O. The lowest BCUT2D eigenvalue weighted by atomic mass is 10.1. The Labute approximate surface area is 69.3 Å². The number of hydrazine groups is 1. The molecule has 3 heteroatoms. The molecule has 0 amide bonds. The van der Waals surface area contributed by atoms with Gasteiger partial charge in [-0.3, -0.25) is 11.3 Å². The molecule has 2 atom stereocenters. The molecule has 0 aliphatic heterocycles. The first kappa shape index (κ1) is 10.9. The summed E-state index contributed by atoms with van der Waals surface area (Å²) in [5.74, 6) is 5.32. The molecule has 0 bridgehead atoms. The Hall–Kier alpha value is -0.120. The summed E-state index contributed by atoms with van der Waals surface area (Å²) in [4.78, 5) is 0. The van der Waals surface area contributed by atoms with Gasteiger partial charge in [0, 0.05) is 13.2 Å². The van der Waals surface area contributed by atoms with Gasteiger partial charge in [-0.05, 0) is 26.2 Å². The minimum absolute atomic E-state index is 0.345. The van der Waals surface area contributed by atoms with Crippen molar-refractivity contribution < 1.29 is 4.74 Å². The highest BCUT2D eigenvalue weighted by atomic mass is 16.5. The lowest BCUT2D eigenvalue weighted by molar-refractivity contribution is 0.106. The van der Waals surface area contributed by atoms with E-state index >= 15 is 0 Å². The third-order valence-corrected chi connectivity index (χ3v) is 2.05. The van der Waals surface area contributed by atoms with Crippen LogP contribution >= 0.6 is 0 Å². The Morgan fingerprint density at radius 1 is 1.45 bits per heavy atom. The monoisotopic (exact) mass is 160 g/mol. The molecule has 11 heavy (non-hydrogen) atoms. The van der Waals surface area contributed by atoms with Gasteiger partial charge in [-0.2, -0.15) is 0 Å². The van der Waals surface area contributed by atoms with Crippen LogP contribution in [-0.4, -0.2) is 19.3 Å². The van der Waals surface area contributed by atoms with Crippen molar-refractivity contribution in [2.45, 2.75) is 45.3 Å². The van der Waals surface area contributed by atoms with Crippen LogP contribution in [0.25, 0.3) is 0 Å². The molecule has 0 aromatic rings. The smallest absolute Gasteiger partial charge is 0.0543 e. The number of nitrogens with two attached hydrogens (primary N) is 1. The van der Waals surface area contributed by atoms with Gasteiger partial charge in [-0.15, -0.1) is 0 Å². The van der Waals surface area contributed by atoms with Gasteiger partial charge in [-0.25, -0.2) is 0 Å². The molecule has 0 aliphatic carbocycles. The van der Waals surface area contributed by atoms with Gasteiger partial charge >= 0.3 is 0 Å². The topological polar surface area (TPSA) is 47.3 Å². The maximum absolute atomic E-state index is 5.32. The second kappa shape index (κ2) is 6.58. The van der Waals surface area contributed by atoms with Crippen molar-refractivity contribution in [1.82, 2.24) is 5.43 Å². The van der Waals surface area contributed by atoms with E-state index in [-0.39, 0.29) is 0 Å². The quantitative estimate of drug-likeness (QED) is 0.451. The van der Waals surface area contributed by atoms with Crippen molar-refractivity contribution in [1.29, 1.82) is 0 Å². The van der Waals surface area contributed by atoms with Crippen molar-refractivity contribution in [3.05, 3.63) is 0 Å². The molecule has 0 rings (SSSR count). The van der Waals surface area contributed by atoms with Gasteiger partial charge in [0.25, 0.3) is 0 Å². The molecule has 0 saturated carbocycles. The second-order valence-electron chi connectivity index (χ2n) is 2.90. The average molecular weight is 160 g/mol.